The van der Waals surface area contributed by atoms with Crippen molar-refractivity contribution in [3.8, 4) is 0 Å². The Morgan fingerprint density at radius 2 is 1.95 bits per heavy atom. The van der Waals surface area contributed by atoms with Gasteiger partial charge in [-0.25, -0.2) is 0 Å². The first-order valence-corrected chi connectivity index (χ1v) is 8.80. The normalized spacial score (nSPS) is 22.9. The molecule has 20 heavy (non-hydrogen) atoms. The molecule has 3 N–H and O–H groups in total. The lowest BCUT2D eigenvalue weighted by Crippen LogP contribution is -2.32. The molecule has 1 aliphatic rings. The standard InChI is InChI=1S/C17H28N2S/c1-13-4-3-5-17(14(13)2)20-11-10-19-12-15-6-8-16(18)9-7-15/h3-5,15-16,19H,6-12,18H2,1-2H3. The lowest BCUT2D eigenvalue weighted by molar-refractivity contribution is 0.317. The third kappa shape index (κ3) is 4.80. The number of hydrogen-bond acceptors (Lipinski definition) is 3. The van der Waals surface area contributed by atoms with Gasteiger partial charge >= 0.3 is 0 Å². The molecule has 2 nitrogen and oxygen atoms in total. The topological polar surface area (TPSA) is 38.0 Å². The molecule has 1 aromatic rings. The molecular weight excluding hydrogens is 264 g/mol. The van der Waals surface area contributed by atoms with Crippen LogP contribution in [-0.2, 0) is 0 Å². The van der Waals surface area contributed by atoms with Crippen LogP contribution in [0, 0.1) is 19.8 Å². The van der Waals surface area contributed by atoms with E-state index in [1.165, 1.54) is 48.3 Å². The van der Waals surface area contributed by atoms with Crippen molar-refractivity contribution in [2.75, 3.05) is 18.8 Å². The van der Waals surface area contributed by atoms with Crippen LogP contribution in [0.1, 0.15) is 36.8 Å². The lowest BCUT2D eigenvalue weighted by atomic mass is 9.86. The second-order valence-electron chi connectivity index (χ2n) is 6.03. The highest BCUT2D eigenvalue weighted by Crippen LogP contribution is 2.24. The first-order valence-electron chi connectivity index (χ1n) is 7.82. The van der Waals surface area contributed by atoms with Gasteiger partial charge < -0.3 is 11.1 Å². The van der Waals surface area contributed by atoms with E-state index < -0.39 is 0 Å². The quantitative estimate of drug-likeness (QED) is 0.622. The lowest BCUT2D eigenvalue weighted by Gasteiger charge is -2.26. The van der Waals surface area contributed by atoms with Gasteiger partial charge in [0.1, 0.15) is 0 Å². The molecule has 1 saturated carbocycles. The molecule has 1 aromatic carbocycles. The molecule has 1 aliphatic carbocycles. The smallest absolute Gasteiger partial charge is 0.0106 e. The van der Waals surface area contributed by atoms with Gasteiger partial charge in [-0.1, -0.05) is 12.1 Å². The predicted molar refractivity (Wildman–Crippen MR) is 89.4 cm³/mol. The number of nitrogens with one attached hydrogen (secondary N) is 1. The molecule has 2 rings (SSSR count). The summed E-state index contributed by atoms with van der Waals surface area (Å²) in [7, 11) is 0. The second-order valence-corrected chi connectivity index (χ2v) is 7.17. The van der Waals surface area contributed by atoms with Crippen molar-refractivity contribution >= 4 is 11.8 Å². The summed E-state index contributed by atoms with van der Waals surface area (Å²) < 4.78 is 0. The van der Waals surface area contributed by atoms with E-state index in [-0.39, 0.29) is 0 Å². The molecule has 0 bridgehead atoms. The highest BCUT2D eigenvalue weighted by atomic mass is 32.2. The third-order valence-electron chi connectivity index (χ3n) is 4.42. The van der Waals surface area contributed by atoms with Crippen LogP contribution in [0.2, 0.25) is 0 Å². The predicted octanol–water partition coefficient (Wildman–Crippen LogP) is 3.50. The SMILES string of the molecule is Cc1cccc(SCCNCC2CCC(N)CC2)c1C. The van der Waals surface area contributed by atoms with E-state index in [0.717, 1.165) is 18.2 Å². The van der Waals surface area contributed by atoms with Crippen LogP contribution in [0.4, 0.5) is 0 Å². The fourth-order valence-corrected chi connectivity index (χ4v) is 3.83. The van der Waals surface area contributed by atoms with Crippen LogP contribution >= 0.6 is 11.8 Å². The maximum Gasteiger partial charge on any atom is 0.0106 e. The van der Waals surface area contributed by atoms with Gasteiger partial charge in [0.25, 0.3) is 0 Å². The Labute approximate surface area is 127 Å². The molecule has 0 heterocycles. The molecule has 0 aromatic heterocycles. The van der Waals surface area contributed by atoms with Crippen LogP contribution in [0.3, 0.4) is 0 Å². The Hall–Kier alpha value is -0.510. The first-order chi connectivity index (χ1) is 9.66. The van der Waals surface area contributed by atoms with Gasteiger partial charge in [0.2, 0.25) is 0 Å². The van der Waals surface area contributed by atoms with Crippen LogP contribution in [0.25, 0.3) is 0 Å². The first kappa shape index (κ1) is 15.9. The molecule has 0 saturated heterocycles. The Bertz CT molecular complexity index is 411. The number of rotatable bonds is 6. The Kier molecular flexibility index (Phi) is 6.40. The van der Waals surface area contributed by atoms with Crippen molar-refractivity contribution in [3.63, 3.8) is 0 Å². The summed E-state index contributed by atoms with van der Waals surface area (Å²) in [5, 5.41) is 3.61. The summed E-state index contributed by atoms with van der Waals surface area (Å²) >= 11 is 1.97. The average Bonchev–Trinajstić information content (AvgIpc) is 2.45. The summed E-state index contributed by atoms with van der Waals surface area (Å²) in [4.78, 5) is 1.43. The van der Waals surface area contributed by atoms with Gasteiger partial charge in [0.05, 0.1) is 0 Å². The zero-order valence-corrected chi connectivity index (χ0v) is 13.6. The molecule has 112 valence electrons. The summed E-state index contributed by atoms with van der Waals surface area (Å²) in [5.41, 5.74) is 8.76. The van der Waals surface area contributed by atoms with E-state index in [2.05, 4.69) is 37.4 Å². The molecule has 0 aliphatic heterocycles. The molecular formula is C17H28N2S. The fraction of sp³-hybridized carbons (Fsp3) is 0.647. The summed E-state index contributed by atoms with van der Waals surface area (Å²) in [5.74, 6) is 2.00. The molecule has 1 fully saturated rings. The third-order valence-corrected chi connectivity index (χ3v) is 5.58. The maximum atomic E-state index is 5.94. The Morgan fingerprint density at radius 3 is 2.70 bits per heavy atom. The minimum atomic E-state index is 0.464. The number of thioether (sulfide) groups is 1. The number of nitrogens with two attached hydrogens (primary N) is 1. The molecule has 0 atom stereocenters. The van der Waals surface area contributed by atoms with E-state index in [1.54, 1.807) is 0 Å². The summed E-state index contributed by atoms with van der Waals surface area (Å²) in [6, 6.07) is 7.04. The molecule has 3 heteroatoms. The van der Waals surface area contributed by atoms with E-state index in [1.807, 2.05) is 11.8 Å². The zero-order chi connectivity index (χ0) is 14.4. The number of benzene rings is 1. The Balaban J connectivity index is 1.61. The Morgan fingerprint density at radius 1 is 1.20 bits per heavy atom. The van der Waals surface area contributed by atoms with Gasteiger partial charge in [-0.15, -0.1) is 11.8 Å². The van der Waals surface area contributed by atoms with Crippen molar-refractivity contribution in [1.29, 1.82) is 0 Å². The molecule has 0 spiro atoms. The van der Waals surface area contributed by atoms with Crippen molar-refractivity contribution < 1.29 is 0 Å². The van der Waals surface area contributed by atoms with Crippen LogP contribution in [-0.4, -0.2) is 24.9 Å². The number of hydrogen-bond donors (Lipinski definition) is 2. The minimum absolute atomic E-state index is 0.464. The monoisotopic (exact) mass is 292 g/mol. The van der Waals surface area contributed by atoms with Crippen molar-refractivity contribution in [2.45, 2.75) is 50.5 Å². The molecule has 0 amide bonds. The van der Waals surface area contributed by atoms with Crippen LogP contribution in [0.15, 0.2) is 23.1 Å². The summed E-state index contributed by atoms with van der Waals surface area (Å²) in [6.07, 6.45) is 5.03. The van der Waals surface area contributed by atoms with E-state index >= 15 is 0 Å². The highest BCUT2D eigenvalue weighted by Gasteiger charge is 2.17. The fourth-order valence-electron chi connectivity index (χ4n) is 2.81. The van der Waals surface area contributed by atoms with Gasteiger partial charge in [0.15, 0.2) is 0 Å². The van der Waals surface area contributed by atoms with E-state index in [0.29, 0.717) is 6.04 Å². The molecule has 0 unspecified atom stereocenters. The van der Waals surface area contributed by atoms with Crippen molar-refractivity contribution in [1.82, 2.24) is 5.32 Å². The molecule has 0 radical (unpaired) electrons. The van der Waals surface area contributed by atoms with Crippen LogP contribution < -0.4 is 11.1 Å². The van der Waals surface area contributed by atoms with Gasteiger partial charge in [0, 0.05) is 23.2 Å². The zero-order valence-electron chi connectivity index (χ0n) is 12.8. The van der Waals surface area contributed by atoms with Crippen molar-refractivity contribution in [3.05, 3.63) is 29.3 Å². The average molecular weight is 292 g/mol. The van der Waals surface area contributed by atoms with E-state index in [9.17, 15) is 0 Å². The van der Waals surface area contributed by atoms with Gasteiger partial charge in [-0.05, 0) is 69.2 Å². The van der Waals surface area contributed by atoms with Gasteiger partial charge in [-0.3, -0.25) is 0 Å². The van der Waals surface area contributed by atoms with Gasteiger partial charge in [-0.2, -0.15) is 0 Å². The second kappa shape index (κ2) is 8.06. The summed E-state index contributed by atoms with van der Waals surface area (Å²) in [6.45, 7) is 6.67. The number of aryl methyl sites for hydroxylation is 1. The van der Waals surface area contributed by atoms with Crippen molar-refractivity contribution in [2.24, 2.45) is 11.7 Å². The van der Waals surface area contributed by atoms with Crippen LogP contribution in [0.5, 0.6) is 0 Å². The largest absolute Gasteiger partial charge is 0.328 e. The maximum absolute atomic E-state index is 5.94. The highest BCUT2D eigenvalue weighted by molar-refractivity contribution is 7.99. The van der Waals surface area contributed by atoms with E-state index in [4.69, 9.17) is 5.73 Å². The minimum Gasteiger partial charge on any atom is -0.328 e.